The van der Waals surface area contributed by atoms with E-state index in [2.05, 4.69) is 47.3 Å². The summed E-state index contributed by atoms with van der Waals surface area (Å²) in [4.78, 5) is 18.0. The fraction of sp³-hybridized carbons (Fsp3) is 0.800. The first-order valence-electron chi connectivity index (χ1n) is 18.7. The number of aliphatic imine (C=N–C) groups is 1. The number of ether oxygens (including phenoxy) is 3. The maximum atomic E-state index is 12.5. The summed E-state index contributed by atoms with van der Waals surface area (Å²) in [5.41, 5.74) is 4.76. The van der Waals surface area contributed by atoms with Crippen LogP contribution in [0.15, 0.2) is 39.9 Å². The molecule has 0 saturated carbocycles. The highest BCUT2D eigenvalue weighted by Crippen LogP contribution is 2.55. The number of hydrogen-bond donors (Lipinski definition) is 2. The van der Waals surface area contributed by atoms with E-state index < -0.39 is 17.5 Å². The highest BCUT2D eigenvalue weighted by Gasteiger charge is 2.60. The Morgan fingerprint density at radius 3 is 2.47 bits per heavy atom. The lowest BCUT2D eigenvalue weighted by Crippen LogP contribution is -2.59. The van der Waals surface area contributed by atoms with Crippen LogP contribution in [0.25, 0.3) is 0 Å². The molecule has 0 aromatic heterocycles. The van der Waals surface area contributed by atoms with Crippen molar-refractivity contribution in [1.82, 2.24) is 0 Å². The lowest BCUT2D eigenvalue weighted by atomic mass is 9.56. The average Bonchev–Trinajstić information content (AvgIpc) is 3.47. The average molecular weight is 652 g/mol. The normalized spacial score (nSPS) is 48.0. The number of carbonyl (C=O) groups excluding carboxylic acids is 1. The lowest BCUT2D eigenvalue weighted by molar-refractivity contribution is -0.345. The predicted molar refractivity (Wildman–Crippen MR) is 185 cm³/mol. The molecule has 0 aromatic rings. The summed E-state index contributed by atoms with van der Waals surface area (Å²) in [5.74, 6) is -0.0644. The van der Waals surface area contributed by atoms with Gasteiger partial charge in [-0.25, -0.2) is 0 Å². The number of cyclic esters (lactones) is 1. The van der Waals surface area contributed by atoms with Gasteiger partial charge in [0, 0.05) is 42.9 Å². The van der Waals surface area contributed by atoms with E-state index in [-0.39, 0.29) is 47.4 Å². The van der Waals surface area contributed by atoms with Crippen molar-refractivity contribution in [2.45, 2.75) is 161 Å². The Morgan fingerprint density at radius 1 is 0.979 bits per heavy atom. The number of allylic oxidation sites excluding steroid dienone is 2. The summed E-state index contributed by atoms with van der Waals surface area (Å²) in [6.07, 6.45) is 10.9. The Labute approximate surface area is 283 Å². The van der Waals surface area contributed by atoms with E-state index in [0.29, 0.717) is 31.1 Å². The molecule has 0 unspecified atom stereocenters. The Kier molecular flexibility index (Phi) is 9.80. The number of aliphatic hydroxyl groups excluding tert-OH is 1. The second kappa shape index (κ2) is 13.2. The van der Waals surface area contributed by atoms with E-state index in [9.17, 15) is 15.0 Å². The Bertz CT molecular complexity index is 1330. The monoisotopic (exact) mass is 651 g/mol. The fourth-order valence-electron chi connectivity index (χ4n) is 9.93. The third-order valence-electron chi connectivity index (χ3n) is 13.4. The van der Waals surface area contributed by atoms with E-state index in [0.717, 1.165) is 69.9 Å². The van der Waals surface area contributed by atoms with Crippen molar-refractivity contribution in [2.24, 2.45) is 40.0 Å². The number of nitrogens with zero attached hydrogens (tertiary/aromatic N) is 1. The van der Waals surface area contributed by atoms with Crippen LogP contribution in [0.1, 0.15) is 126 Å². The molecule has 2 spiro atoms. The summed E-state index contributed by atoms with van der Waals surface area (Å²) < 4.78 is 19.4. The largest absolute Gasteiger partial charge is 0.458 e. The molecule has 2 N–H and O–H groups in total. The van der Waals surface area contributed by atoms with Gasteiger partial charge in [0.1, 0.15) is 11.7 Å². The maximum absolute atomic E-state index is 12.5. The number of esters is 1. The number of hydrogen-bond acceptors (Lipinski definition) is 7. The van der Waals surface area contributed by atoms with Crippen LogP contribution in [-0.4, -0.2) is 64.2 Å². The van der Waals surface area contributed by atoms with Crippen molar-refractivity contribution in [3.63, 3.8) is 0 Å². The Morgan fingerprint density at radius 2 is 1.74 bits per heavy atom. The molecular weight excluding hydrogens is 590 g/mol. The smallest absolute Gasteiger partial charge is 0.309 e. The van der Waals surface area contributed by atoms with Crippen LogP contribution in [-0.2, 0) is 19.0 Å². The lowest BCUT2D eigenvalue weighted by Gasteiger charge is -2.48. The van der Waals surface area contributed by atoms with Gasteiger partial charge in [-0.05, 0) is 107 Å². The van der Waals surface area contributed by atoms with Gasteiger partial charge in [-0.3, -0.25) is 9.79 Å². The molecule has 0 amide bonds. The number of rotatable bonds is 1. The van der Waals surface area contributed by atoms with Crippen LogP contribution in [0.3, 0.4) is 0 Å². The highest BCUT2D eigenvalue weighted by molar-refractivity contribution is 5.92. The summed E-state index contributed by atoms with van der Waals surface area (Å²) in [7, 11) is 0. The standard InChI is InChI=1S/C40H61NO6/c1-23-10-9-11-36-39(20-26(4)28(6)22-41-36)15-13-31(35-18-25(3)37(43)45-35)29(7)32(39)17-24(2)33(42)19-34-27(5)21-40(47-34)38(8,44)14-12-30(16-23)46-40/h17,25-28,30,32-35,42,44H,1,9-16,18-22H2,2-8H3/b24-17+/t25-,26+,27-,28+,30+,32+,33+,34-,35+,38-,39-,40-/m1/s1. The molecule has 12 atom stereocenters. The Hall–Kier alpha value is -1.80. The van der Waals surface area contributed by atoms with E-state index in [4.69, 9.17) is 19.2 Å². The van der Waals surface area contributed by atoms with E-state index in [1.165, 1.54) is 22.4 Å². The van der Waals surface area contributed by atoms with Crippen molar-refractivity contribution in [3.8, 4) is 0 Å². The third-order valence-corrected chi connectivity index (χ3v) is 13.4. The molecule has 7 heteroatoms. The molecule has 3 fully saturated rings. The van der Waals surface area contributed by atoms with E-state index in [1.54, 1.807) is 0 Å². The fourth-order valence-corrected chi connectivity index (χ4v) is 9.93. The summed E-state index contributed by atoms with van der Waals surface area (Å²) in [6, 6.07) is 0. The van der Waals surface area contributed by atoms with Gasteiger partial charge >= 0.3 is 5.97 Å². The zero-order valence-electron chi connectivity index (χ0n) is 30.1. The van der Waals surface area contributed by atoms with Gasteiger partial charge < -0.3 is 24.4 Å². The molecule has 0 aromatic carbocycles. The second-order valence-electron chi connectivity index (χ2n) is 17.0. The number of fused-ring (bicyclic) bond motifs is 2. The van der Waals surface area contributed by atoms with Crippen LogP contribution in [0.5, 0.6) is 0 Å². The molecule has 3 saturated heterocycles. The molecule has 1 aliphatic carbocycles. The van der Waals surface area contributed by atoms with Crippen LogP contribution in [0.4, 0.5) is 0 Å². The topological polar surface area (TPSA) is 97.6 Å². The van der Waals surface area contributed by atoms with Gasteiger partial charge in [0.05, 0.1) is 24.2 Å². The van der Waals surface area contributed by atoms with Crippen LogP contribution in [0, 0.1) is 35.0 Å². The summed E-state index contributed by atoms with van der Waals surface area (Å²) >= 11 is 0. The van der Waals surface area contributed by atoms with Crippen molar-refractivity contribution in [2.75, 3.05) is 6.54 Å². The first kappa shape index (κ1) is 35.0. The van der Waals surface area contributed by atoms with Crippen molar-refractivity contribution in [1.29, 1.82) is 0 Å². The van der Waals surface area contributed by atoms with Crippen LogP contribution < -0.4 is 0 Å². The van der Waals surface area contributed by atoms with Gasteiger partial charge in [-0.2, -0.15) is 0 Å². The van der Waals surface area contributed by atoms with Crippen LogP contribution in [0.2, 0.25) is 0 Å². The molecular formula is C40H61NO6. The van der Waals surface area contributed by atoms with Crippen molar-refractivity contribution < 1.29 is 29.2 Å². The van der Waals surface area contributed by atoms with E-state index in [1.807, 2.05) is 13.8 Å². The zero-order valence-corrected chi connectivity index (χ0v) is 30.1. The third kappa shape index (κ3) is 6.48. The first-order chi connectivity index (χ1) is 22.1. The van der Waals surface area contributed by atoms with Crippen molar-refractivity contribution >= 4 is 11.7 Å². The predicted octanol–water partition coefficient (Wildman–Crippen LogP) is 7.65. The summed E-state index contributed by atoms with van der Waals surface area (Å²) in [6.45, 7) is 20.4. The zero-order chi connectivity index (χ0) is 33.9. The SMILES string of the molecule is C=C1CCCC2=NC[C@H](C)[C@@H](C)C[C@@]23CCC([C@@H]2C[C@@H](C)C(=O)O2)=C(C)[C@@H]3/C=C(\C)[C@@H](O)C[C@H]2O[C@@]3(C[C@H]2C)O[C@@H](CC[C@@]3(C)O)C1. The molecule has 3 bridgehead atoms. The minimum atomic E-state index is -1.10. The highest BCUT2D eigenvalue weighted by atomic mass is 16.7. The van der Waals surface area contributed by atoms with Gasteiger partial charge in [0.25, 0.3) is 0 Å². The van der Waals surface area contributed by atoms with Gasteiger partial charge in [0.2, 0.25) is 0 Å². The van der Waals surface area contributed by atoms with Crippen molar-refractivity contribution in [3.05, 3.63) is 34.9 Å². The van der Waals surface area contributed by atoms with Crippen LogP contribution >= 0.6 is 0 Å². The molecule has 6 rings (SSSR count). The molecule has 47 heavy (non-hydrogen) atoms. The number of aliphatic hydroxyl groups is 2. The first-order valence-corrected chi connectivity index (χ1v) is 18.7. The molecule has 6 aliphatic rings. The quantitative estimate of drug-likeness (QED) is 0.223. The summed E-state index contributed by atoms with van der Waals surface area (Å²) in [5, 5.41) is 23.4. The number of carbonyl (C=O) groups is 1. The Balaban J connectivity index is 1.42. The molecule has 0 radical (unpaired) electrons. The van der Waals surface area contributed by atoms with Gasteiger partial charge in [-0.15, -0.1) is 0 Å². The molecule has 5 aliphatic heterocycles. The molecule has 5 heterocycles. The minimum absolute atomic E-state index is 0.0412. The molecule has 262 valence electrons. The van der Waals surface area contributed by atoms with E-state index >= 15 is 0 Å². The minimum Gasteiger partial charge on any atom is -0.458 e. The maximum Gasteiger partial charge on any atom is 0.309 e. The van der Waals surface area contributed by atoms with Gasteiger partial charge in [-0.1, -0.05) is 51.5 Å². The molecule has 7 nitrogen and oxygen atoms in total. The van der Waals surface area contributed by atoms with Gasteiger partial charge in [0.15, 0.2) is 5.79 Å². The second-order valence-corrected chi connectivity index (χ2v) is 17.0.